The fourth-order valence-electron chi connectivity index (χ4n) is 2.42. The maximum atomic E-state index is 13.0. The van der Waals surface area contributed by atoms with Crippen molar-refractivity contribution in [3.63, 3.8) is 0 Å². The third kappa shape index (κ3) is 2.13. The van der Waals surface area contributed by atoms with E-state index in [0.717, 1.165) is 11.3 Å². The van der Waals surface area contributed by atoms with Crippen LogP contribution in [0.15, 0.2) is 60.7 Å². The molecule has 1 heterocycles. The molecule has 2 atom stereocenters. The quantitative estimate of drug-likeness (QED) is 0.816. The van der Waals surface area contributed by atoms with E-state index in [0.29, 0.717) is 11.3 Å². The molecule has 2 unspecified atom stereocenters. The minimum Gasteiger partial charge on any atom is -0.291 e. The third-order valence-corrected chi connectivity index (χ3v) is 7.43. The fourth-order valence-corrected chi connectivity index (χ4v) is 6.24. The van der Waals surface area contributed by atoms with Gasteiger partial charge in [0.1, 0.15) is 0 Å². The number of hydrogen-bond acceptors (Lipinski definition) is 3. The Hall–Kier alpha value is -1.39. The van der Waals surface area contributed by atoms with Crippen molar-refractivity contribution in [2.75, 3.05) is 11.5 Å². The van der Waals surface area contributed by atoms with Gasteiger partial charge in [0.05, 0.1) is 10.8 Å². The summed E-state index contributed by atoms with van der Waals surface area (Å²) >= 11 is 1.50. The van der Waals surface area contributed by atoms with E-state index in [-0.39, 0.29) is 5.78 Å². The predicted octanol–water partition coefficient (Wildman–Crippen LogP) is 3.22. The first-order chi connectivity index (χ1) is 9.75. The van der Waals surface area contributed by atoms with Gasteiger partial charge in [0, 0.05) is 17.1 Å². The first kappa shape index (κ1) is 13.6. The highest BCUT2D eigenvalue weighted by atomic mass is 32.2. The molecule has 1 aliphatic rings. The number of hydrogen-bond donors (Lipinski definition) is 0. The summed E-state index contributed by atoms with van der Waals surface area (Å²) in [5.74, 6) is 1.27. The van der Waals surface area contributed by atoms with E-state index in [2.05, 4.69) is 0 Å². The average molecular weight is 302 g/mol. The highest BCUT2D eigenvalue weighted by Crippen LogP contribution is 2.47. The second-order valence-corrected chi connectivity index (χ2v) is 7.86. The van der Waals surface area contributed by atoms with Crippen molar-refractivity contribution >= 4 is 28.3 Å². The first-order valence-corrected chi connectivity index (χ1v) is 8.73. The Morgan fingerprint density at radius 1 is 1.00 bits per heavy atom. The highest BCUT2D eigenvalue weighted by Gasteiger charge is 2.50. The predicted molar refractivity (Wildman–Crippen MR) is 84.4 cm³/mol. The number of rotatable bonds is 3. The standard InChI is InChI=1S/C16H14O2S2/c17-15(13-7-3-1-4-8-13)16(19-11-12-20(16)18)14-9-5-2-6-10-14/h1-10H,11-12H2. The lowest BCUT2D eigenvalue weighted by molar-refractivity contribution is 0.0977. The van der Waals surface area contributed by atoms with Crippen LogP contribution in [-0.4, -0.2) is 21.5 Å². The Bertz CT molecular complexity index is 640. The zero-order chi connectivity index (χ0) is 14.0. The molecule has 2 aromatic rings. The summed E-state index contributed by atoms with van der Waals surface area (Å²) < 4.78 is 11.6. The average Bonchev–Trinajstić information content (AvgIpc) is 2.91. The summed E-state index contributed by atoms with van der Waals surface area (Å²) in [6.45, 7) is 0. The van der Waals surface area contributed by atoms with E-state index in [9.17, 15) is 9.00 Å². The second kappa shape index (κ2) is 5.54. The Morgan fingerprint density at radius 2 is 1.60 bits per heavy atom. The summed E-state index contributed by atoms with van der Waals surface area (Å²) in [5.41, 5.74) is 1.47. The molecule has 4 heteroatoms. The van der Waals surface area contributed by atoms with Crippen LogP contribution in [-0.2, 0) is 14.9 Å². The summed E-state index contributed by atoms with van der Waals surface area (Å²) in [6, 6.07) is 18.7. The van der Waals surface area contributed by atoms with E-state index < -0.39 is 14.9 Å². The van der Waals surface area contributed by atoms with Crippen molar-refractivity contribution in [3.05, 3.63) is 71.8 Å². The van der Waals surface area contributed by atoms with Crippen LogP contribution in [0.5, 0.6) is 0 Å². The van der Waals surface area contributed by atoms with Crippen molar-refractivity contribution in [1.29, 1.82) is 0 Å². The Morgan fingerprint density at radius 3 is 2.15 bits per heavy atom. The first-order valence-electron chi connectivity index (χ1n) is 6.43. The lowest BCUT2D eigenvalue weighted by Gasteiger charge is -2.26. The molecule has 20 heavy (non-hydrogen) atoms. The lowest BCUT2D eigenvalue weighted by atomic mass is 10.0. The molecule has 0 bridgehead atoms. The molecule has 0 amide bonds. The van der Waals surface area contributed by atoms with Gasteiger partial charge in [-0.2, -0.15) is 0 Å². The minimum absolute atomic E-state index is 0.0508. The number of benzene rings is 2. The maximum absolute atomic E-state index is 13.0. The number of Topliss-reactive ketones (excluding diaryl/α,β-unsaturated/α-hetero) is 1. The van der Waals surface area contributed by atoms with Crippen LogP contribution in [0.4, 0.5) is 0 Å². The van der Waals surface area contributed by atoms with Crippen LogP contribution in [0, 0.1) is 0 Å². The Labute approximate surface area is 125 Å². The van der Waals surface area contributed by atoms with Crippen LogP contribution in [0.25, 0.3) is 0 Å². The van der Waals surface area contributed by atoms with Gasteiger partial charge in [0.2, 0.25) is 0 Å². The van der Waals surface area contributed by atoms with Crippen LogP contribution < -0.4 is 0 Å². The van der Waals surface area contributed by atoms with Gasteiger partial charge in [-0.1, -0.05) is 60.7 Å². The Balaban J connectivity index is 2.13. The molecule has 1 saturated heterocycles. The van der Waals surface area contributed by atoms with Crippen molar-refractivity contribution in [1.82, 2.24) is 0 Å². The highest BCUT2D eigenvalue weighted by molar-refractivity contribution is 8.15. The molecule has 0 N–H and O–H groups in total. The number of ketones is 1. The second-order valence-electron chi connectivity index (χ2n) is 4.58. The molecule has 0 radical (unpaired) electrons. The number of thioether (sulfide) groups is 1. The molecule has 1 fully saturated rings. The van der Waals surface area contributed by atoms with Gasteiger partial charge in [-0.15, -0.1) is 11.8 Å². The SMILES string of the molecule is O=C(c1ccccc1)C1(c2ccccc2)SCCS1=O. The van der Waals surface area contributed by atoms with Crippen molar-refractivity contribution < 1.29 is 9.00 Å². The van der Waals surface area contributed by atoms with Gasteiger partial charge >= 0.3 is 0 Å². The van der Waals surface area contributed by atoms with Gasteiger partial charge in [-0.05, 0) is 5.56 Å². The fraction of sp³-hybridized carbons (Fsp3) is 0.188. The molecule has 3 rings (SSSR count). The van der Waals surface area contributed by atoms with Crippen molar-refractivity contribution in [3.8, 4) is 0 Å². The monoisotopic (exact) mass is 302 g/mol. The molecule has 0 aliphatic carbocycles. The molecule has 0 aromatic heterocycles. The van der Waals surface area contributed by atoms with Crippen LogP contribution in [0.3, 0.4) is 0 Å². The van der Waals surface area contributed by atoms with Crippen LogP contribution in [0.2, 0.25) is 0 Å². The molecule has 1 aliphatic heterocycles. The van der Waals surface area contributed by atoms with Crippen molar-refractivity contribution in [2.24, 2.45) is 0 Å². The van der Waals surface area contributed by atoms with Crippen molar-refractivity contribution in [2.45, 2.75) is 4.08 Å². The van der Waals surface area contributed by atoms with E-state index in [4.69, 9.17) is 0 Å². The molecule has 2 nitrogen and oxygen atoms in total. The van der Waals surface area contributed by atoms with Gasteiger partial charge < -0.3 is 0 Å². The molecular weight excluding hydrogens is 288 g/mol. The van der Waals surface area contributed by atoms with E-state index in [1.807, 2.05) is 48.5 Å². The van der Waals surface area contributed by atoms with Crippen LogP contribution >= 0.6 is 11.8 Å². The zero-order valence-corrected chi connectivity index (χ0v) is 12.5. The smallest absolute Gasteiger partial charge is 0.196 e. The third-order valence-electron chi connectivity index (χ3n) is 3.38. The summed E-state index contributed by atoms with van der Waals surface area (Å²) in [4.78, 5) is 13.0. The molecule has 2 aromatic carbocycles. The maximum Gasteiger partial charge on any atom is 0.196 e. The van der Waals surface area contributed by atoms with Gasteiger partial charge in [0.15, 0.2) is 9.86 Å². The molecule has 102 valence electrons. The summed E-state index contributed by atoms with van der Waals surface area (Å²) in [6.07, 6.45) is 0. The van der Waals surface area contributed by atoms with Crippen LogP contribution in [0.1, 0.15) is 15.9 Å². The van der Waals surface area contributed by atoms with E-state index in [1.165, 1.54) is 11.8 Å². The summed E-state index contributed by atoms with van der Waals surface area (Å²) in [7, 11) is -1.19. The normalized spacial score (nSPS) is 25.5. The van der Waals surface area contributed by atoms with E-state index in [1.54, 1.807) is 12.1 Å². The number of carbonyl (C=O) groups excluding carboxylic acids is 1. The largest absolute Gasteiger partial charge is 0.291 e. The molecular formula is C16H14O2S2. The molecule has 0 saturated carbocycles. The summed E-state index contributed by atoms with van der Waals surface area (Å²) in [5, 5.41) is 0. The van der Waals surface area contributed by atoms with Gasteiger partial charge in [-0.3, -0.25) is 9.00 Å². The Kier molecular flexibility index (Phi) is 3.76. The lowest BCUT2D eigenvalue weighted by Crippen LogP contribution is -2.34. The molecule has 0 spiro atoms. The van der Waals surface area contributed by atoms with Gasteiger partial charge in [0.25, 0.3) is 0 Å². The minimum atomic E-state index is -1.19. The number of carbonyl (C=O) groups is 1. The topological polar surface area (TPSA) is 34.1 Å². The zero-order valence-electron chi connectivity index (χ0n) is 10.8. The van der Waals surface area contributed by atoms with Gasteiger partial charge in [-0.25, -0.2) is 0 Å². The van der Waals surface area contributed by atoms with E-state index >= 15 is 0 Å².